The maximum absolute atomic E-state index is 13.1. The van der Waals surface area contributed by atoms with E-state index in [4.69, 9.17) is 0 Å². The number of hydrogen-bond acceptors (Lipinski definition) is 2. The summed E-state index contributed by atoms with van der Waals surface area (Å²) >= 11 is 2.02. The van der Waals surface area contributed by atoms with Crippen LogP contribution in [0.5, 0.6) is 0 Å². The zero-order chi connectivity index (χ0) is 14.3. The Hall–Kier alpha value is -0.540. The van der Waals surface area contributed by atoms with Gasteiger partial charge in [0.15, 0.2) is 0 Å². The first-order valence-corrected chi connectivity index (χ1v) is 8.21. The molecule has 1 rings (SSSR count). The SMILES string of the molecule is CCNC(CSC(C)CC)Cc1ccc(F)cc1C. The van der Waals surface area contributed by atoms with Crippen molar-refractivity contribution >= 4 is 11.8 Å². The van der Waals surface area contributed by atoms with Gasteiger partial charge in [-0.3, -0.25) is 0 Å². The lowest BCUT2D eigenvalue weighted by molar-refractivity contribution is 0.568. The predicted octanol–water partition coefficient (Wildman–Crippen LogP) is 4.19. The first-order chi connectivity index (χ1) is 9.06. The van der Waals surface area contributed by atoms with Crippen LogP contribution in [0, 0.1) is 12.7 Å². The van der Waals surface area contributed by atoms with Crippen LogP contribution in [0.1, 0.15) is 38.3 Å². The molecule has 0 aromatic heterocycles. The van der Waals surface area contributed by atoms with Crippen molar-refractivity contribution in [3.05, 3.63) is 35.1 Å². The normalized spacial score (nSPS) is 14.4. The lowest BCUT2D eigenvalue weighted by atomic mass is 10.0. The van der Waals surface area contributed by atoms with Gasteiger partial charge in [0.1, 0.15) is 5.82 Å². The van der Waals surface area contributed by atoms with Crippen molar-refractivity contribution in [3.8, 4) is 0 Å². The smallest absolute Gasteiger partial charge is 0.123 e. The van der Waals surface area contributed by atoms with Crippen LogP contribution >= 0.6 is 11.8 Å². The number of nitrogens with one attached hydrogen (secondary N) is 1. The van der Waals surface area contributed by atoms with Crippen LogP contribution in [-0.2, 0) is 6.42 Å². The van der Waals surface area contributed by atoms with E-state index in [1.54, 1.807) is 12.1 Å². The first kappa shape index (κ1) is 16.5. The number of likely N-dealkylation sites (N-methyl/N-ethyl adjacent to an activating group) is 1. The molecule has 0 fully saturated rings. The second-order valence-electron chi connectivity index (χ2n) is 5.08. The van der Waals surface area contributed by atoms with Gasteiger partial charge in [0.25, 0.3) is 0 Å². The number of benzene rings is 1. The Balaban J connectivity index is 2.61. The highest BCUT2D eigenvalue weighted by Gasteiger charge is 2.12. The summed E-state index contributed by atoms with van der Waals surface area (Å²) in [6.07, 6.45) is 2.18. The van der Waals surface area contributed by atoms with Crippen LogP contribution in [0.2, 0.25) is 0 Å². The molecule has 0 bridgehead atoms. The lowest BCUT2D eigenvalue weighted by Gasteiger charge is -2.20. The van der Waals surface area contributed by atoms with Gasteiger partial charge in [0, 0.05) is 17.0 Å². The summed E-state index contributed by atoms with van der Waals surface area (Å²) in [6, 6.07) is 5.57. The summed E-state index contributed by atoms with van der Waals surface area (Å²) in [4.78, 5) is 0. The Morgan fingerprint density at radius 1 is 1.32 bits per heavy atom. The zero-order valence-electron chi connectivity index (χ0n) is 12.5. The molecule has 0 radical (unpaired) electrons. The minimum Gasteiger partial charge on any atom is -0.313 e. The monoisotopic (exact) mass is 283 g/mol. The molecule has 1 nitrogen and oxygen atoms in total. The molecule has 1 aromatic rings. The zero-order valence-corrected chi connectivity index (χ0v) is 13.3. The van der Waals surface area contributed by atoms with Gasteiger partial charge in [-0.25, -0.2) is 4.39 Å². The second kappa shape index (κ2) is 8.60. The van der Waals surface area contributed by atoms with Gasteiger partial charge in [-0.05, 0) is 49.6 Å². The molecule has 2 atom stereocenters. The molecular weight excluding hydrogens is 257 g/mol. The van der Waals surface area contributed by atoms with E-state index < -0.39 is 0 Å². The minimum absolute atomic E-state index is 0.143. The minimum atomic E-state index is -0.143. The number of hydrogen-bond donors (Lipinski definition) is 1. The highest BCUT2D eigenvalue weighted by molar-refractivity contribution is 7.99. The molecule has 0 heterocycles. The number of thioether (sulfide) groups is 1. The first-order valence-electron chi connectivity index (χ1n) is 7.16. The molecule has 1 aromatic carbocycles. The van der Waals surface area contributed by atoms with Crippen molar-refractivity contribution in [2.24, 2.45) is 0 Å². The average Bonchev–Trinajstić information content (AvgIpc) is 2.38. The molecule has 0 saturated carbocycles. The summed E-state index contributed by atoms with van der Waals surface area (Å²) in [5.41, 5.74) is 2.30. The predicted molar refractivity (Wildman–Crippen MR) is 84.5 cm³/mol. The van der Waals surface area contributed by atoms with Gasteiger partial charge in [0.05, 0.1) is 0 Å². The third kappa shape index (κ3) is 5.96. The summed E-state index contributed by atoms with van der Waals surface area (Å²) in [7, 11) is 0. The molecular formula is C16H26FNS. The van der Waals surface area contributed by atoms with Crippen LogP contribution in [0.15, 0.2) is 18.2 Å². The van der Waals surface area contributed by atoms with E-state index in [1.165, 1.54) is 12.0 Å². The molecule has 0 spiro atoms. The fraction of sp³-hybridized carbons (Fsp3) is 0.625. The van der Waals surface area contributed by atoms with Gasteiger partial charge >= 0.3 is 0 Å². The molecule has 19 heavy (non-hydrogen) atoms. The summed E-state index contributed by atoms with van der Waals surface area (Å²) in [6.45, 7) is 9.61. The average molecular weight is 283 g/mol. The van der Waals surface area contributed by atoms with Crippen molar-refractivity contribution in [1.29, 1.82) is 0 Å². The Bertz CT molecular complexity index is 381. The second-order valence-corrected chi connectivity index (χ2v) is 6.55. The third-order valence-electron chi connectivity index (χ3n) is 3.42. The van der Waals surface area contributed by atoms with Crippen LogP contribution in [0.4, 0.5) is 4.39 Å². The van der Waals surface area contributed by atoms with Crippen LogP contribution in [0.3, 0.4) is 0 Å². The van der Waals surface area contributed by atoms with E-state index in [-0.39, 0.29) is 5.82 Å². The topological polar surface area (TPSA) is 12.0 Å². The highest BCUT2D eigenvalue weighted by Crippen LogP contribution is 2.18. The fourth-order valence-electron chi connectivity index (χ4n) is 2.03. The van der Waals surface area contributed by atoms with E-state index in [1.807, 2.05) is 24.8 Å². The van der Waals surface area contributed by atoms with Gasteiger partial charge in [-0.1, -0.05) is 26.8 Å². The Morgan fingerprint density at radius 2 is 2.05 bits per heavy atom. The maximum Gasteiger partial charge on any atom is 0.123 e. The molecule has 0 saturated heterocycles. The molecule has 3 heteroatoms. The van der Waals surface area contributed by atoms with E-state index >= 15 is 0 Å². The largest absolute Gasteiger partial charge is 0.313 e. The van der Waals surface area contributed by atoms with Crippen molar-refractivity contribution in [1.82, 2.24) is 5.32 Å². The van der Waals surface area contributed by atoms with Crippen LogP contribution in [0.25, 0.3) is 0 Å². The van der Waals surface area contributed by atoms with Gasteiger partial charge in [0.2, 0.25) is 0 Å². The summed E-state index contributed by atoms with van der Waals surface area (Å²) in [5.74, 6) is 0.967. The van der Waals surface area contributed by atoms with Crippen LogP contribution < -0.4 is 5.32 Å². The third-order valence-corrected chi connectivity index (χ3v) is 4.92. The van der Waals surface area contributed by atoms with E-state index in [9.17, 15) is 4.39 Å². The Kier molecular flexibility index (Phi) is 7.47. The Morgan fingerprint density at radius 3 is 2.63 bits per heavy atom. The maximum atomic E-state index is 13.1. The molecule has 2 unspecified atom stereocenters. The van der Waals surface area contributed by atoms with Crippen molar-refractivity contribution in [2.45, 2.75) is 51.8 Å². The molecule has 1 N–H and O–H groups in total. The Labute approximate surface area is 121 Å². The summed E-state index contributed by atoms with van der Waals surface area (Å²) in [5, 5.41) is 4.24. The van der Waals surface area contributed by atoms with Gasteiger partial charge < -0.3 is 5.32 Å². The van der Waals surface area contributed by atoms with Gasteiger partial charge in [-0.2, -0.15) is 11.8 Å². The molecule has 0 aliphatic rings. The molecule has 0 amide bonds. The molecule has 108 valence electrons. The fourth-order valence-corrected chi connectivity index (χ4v) is 3.06. The standard InChI is InChI=1S/C16H26FNS/c1-5-13(4)19-11-16(18-6-2)10-14-7-8-15(17)9-12(14)3/h7-9,13,16,18H,5-6,10-11H2,1-4H3. The van der Waals surface area contributed by atoms with Crippen LogP contribution in [-0.4, -0.2) is 23.6 Å². The molecule has 0 aliphatic heterocycles. The van der Waals surface area contributed by atoms with Crippen molar-refractivity contribution in [2.75, 3.05) is 12.3 Å². The van der Waals surface area contributed by atoms with Crippen molar-refractivity contribution < 1.29 is 4.39 Å². The lowest BCUT2D eigenvalue weighted by Crippen LogP contribution is -2.34. The van der Waals surface area contributed by atoms with Gasteiger partial charge in [-0.15, -0.1) is 0 Å². The number of rotatable bonds is 8. The summed E-state index contributed by atoms with van der Waals surface area (Å²) < 4.78 is 13.1. The highest BCUT2D eigenvalue weighted by atomic mass is 32.2. The molecule has 0 aliphatic carbocycles. The number of halogens is 1. The van der Waals surface area contributed by atoms with E-state index in [0.717, 1.165) is 24.3 Å². The number of aryl methyl sites for hydroxylation is 1. The van der Waals surface area contributed by atoms with E-state index in [2.05, 4.69) is 26.1 Å². The van der Waals surface area contributed by atoms with E-state index in [0.29, 0.717) is 11.3 Å². The quantitative estimate of drug-likeness (QED) is 0.768. The van der Waals surface area contributed by atoms with Crippen molar-refractivity contribution in [3.63, 3.8) is 0 Å².